The molecule has 0 aromatic rings. The molecule has 1 nitrogen and oxygen atoms in total. The Balaban J connectivity index is 2.47. The average Bonchev–Trinajstić information content (AvgIpc) is 2.88. The molecule has 0 bridgehead atoms. The number of aliphatic hydroxyl groups excluding tert-OH is 1. The third kappa shape index (κ3) is 17.5. The van der Waals surface area contributed by atoms with Crippen LogP contribution in [0.25, 0.3) is 0 Å². The first-order chi connectivity index (χ1) is 17.7. The van der Waals surface area contributed by atoms with E-state index in [0.29, 0.717) is 5.76 Å². The lowest BCUT2D eigenvalue weighted by atomic mass is 9.76. The summed E-state index contributed by atoms with van der Waals surface area (Å²) < 4.78 is 0. The highest BCUT2D eigenvalue weighted by Gasteiger charge is 2.31. The quantitative estimate of drug-likeness (QED) is 0.111. The number of rotatable bonds is 26. The van der Waals surface area contributed by atoms with Crippen molar-refractivity contribution in [1.29, 1.82) is 0 Å². The highest BCUT2D eigenvalue weighted by Crippen LogP contribution is 2.42. The number of aliphatic hydroxyl groups is 1. The fraction of sp³-hybridized carbons (Fsp3) is 0.879. The van der Waals surface area contributed by atoms with Crippen LogP contribution in [0.4, 0.5) is 0 Å². The van der Waals surface area contributed by atoms with Gasteiger partial charge >= 0.3 is 0 Å². The predicted molar refractivity (Wildman–Crippen MR) is 170 cm³/mol. The summed E-state index contributed by atoms with van der Waals surface area (Å²) in [6.45, 7) is 6.88. The van der Waals surface area contributed by atoms with E-state index >= 15 is 0 Å². The van der Waals surface area contributed by atoms with E-state index in [-0.39, 0.29) is 5.41 Å². The molecule has 1 N–H and O–H groups in total. The summed E-state index contributed by atoms with van der Waals surface area (Å²) in [5, 5.41) is 10.7. The minimum Gasteiger partial charge on any atom is -0.508 e. The Hall–Kier alpha value is -0.0200. The molecule has 1 rings (SSSR count). The molecular weight excluding hydrogens is 476 g/mol. The van der Waals surface area contributed by atoms with Crippen molar-refractivity contribution in [1.82, 2.24) is 0 Å². The molecular formula is C33H62OS2. The molecule has 0 aromatic heterocycles. The number of allylic oxidation sites excluding steroid dienone is 2. The topological polar surface area (TPSA) is 20.2 Å². The zero-order valence-electron chi connectivity index (χ0n) is 24.6. The van der Waals surface area contributed by atoms with Gasteiger partial charge in [-0.1, -0.05) is 136 Å². The van der Waals surface area contributed by atoms with Crippen molar-refractivity contribution in [2.24, 2.45) is 5.41 Å². The second kappa shape index (κ2) is 24.1. The SMILES string of the molecule is CCCCCCCCCC1(CSCCCCCCCC)C=CC(O)=C(CSCCCCCCCC)C1. The maximum Gasteiger partial charge on any atom is 0.115 e. The summed E-state index contributed by atoms with van der Waals surface area (Å²) in [6.07, 6.45) is 33.0. The number of unbranched alkanes of at least 4 members (excludes halogenated alkanes) is 16. The highest BCUT2D eigenvalue weighted by atomic mass is 32.2. The Morgan fingerprint density at radius 2 is 1.11 bits per heavy atom. The largest absolute Gasteiger partial charge is 0.508 e. The Morgan fingerprint density at radius 1 is 0.639 bits per heavy atom. The van der Waals surface area contributed by atoms with Gasteiger partial charge < -0.3 is 5.11 Å². The standard InChI is InChI=1S/C33H62OS2/c1-4-7-10-13-16-17-20-24-33(30-36-27-22-19-15-12-9-6-3)25-23-32(34)31(28-33)29-35-26-21-18-14-11-8-5-2/h23,25,34H,4-22,24,26-30H2,1-3H3. The minimum absolute atomic E-state index is 0.262. The second-order valence-corrected chi connectivity index (χ2v) is 13.6. The first kappa shape index (κ1) is 34.0. The van der Waals surface area contributed by atoms with Gasteiger partial charge in [0.2, 0.25) is 0 Å². The van der Waals surface area contributed by atoms with Gasteiger partial charge in [0, 0.05) is 16.9 Å². The fourth-order valence-corrected chi connectivity index (χ4v) is 7.64. The lowest BCUT2D eigenvalue weighted by molar-refractivity contribution is 0.343. The number of hydrogen-bond donors (Lipinski definition) is 1. The molecule has 0 radical (unpaired) electrons. The van der Waals surface area contributed by atoms with E-state index in [1.807, 2.05) is 0 Å². The van der Waals surface area contributed by atoms with Crippen LogP contribution in [-0.2, 0) is 0 Å². The van der Waals surface area contributed by atoms with Gasteiger partial charge in [-0.2, -0.15) is 23.5 Å². The Kier molecular flexibility index (Phi) is 22.7. The van der Waals surface area contributed by atoms with Gasteiger partial charge in [-0.3, -0.25) is 0 Å². The molecule has 36 heavy (non-hydrogen) atoms. The van der Waals surface area contributed by atoms with E-state index in [4.69, 9.17) is 0 Å². The molecule has 1 aliphatic rings. The van der Waals surface area contributed by atoms with E-state index < -0.39 is 0 Å². The van der Waals surface area contributed by atoms with Crippen molar-refractivity contribution in [2.75, 3.05) is 23.0 Å². The van der Waals surface area contributed by atoms with Gasteiger partial charge in [0.15, 0.2) is 0 Å². The molecule has 0 saturated carbocycles. The molecule has 0 amide bonds. The maximum absolute atomic E-state index is 10.7. The van der Waals surface area contributed by atoms with Crippen molar-refractivity contribution in [3.63, 3.8) is 0 Å². The zero-order valence-corrected chi connectivity index (χ0v) is 26.2. The highest BCUT2D eigenvalue weighted by molar-refractivity contribution is 7.99. The van der Waals surface area contributed by atoms with Crippen LogP contribution in [0.3, 0.4) is 0 Å². The molecule has 0 aromatic carbocycles. The van der Waals surface area contributed by atoms with Gasteiger partial charge in [0.25, 0.3) is 0 Å². The molecule has 0 aliphatic heterocycles. The smallest absolute Gasteiger partial charge is 0.115 e. The molecule has 0 spiro atoms. The van der Waals surface area contributed by atoms with Crippen molar-refractivity contribution in [2.45, 2.75) is 156 Å². The third-order valence-electron chi connectivity index (χ3n) is 7.75. The lowest BCUT2D eigenvalue weighted by Crippen LogP contribution is -2.26. The first-order valence-electron chi connectivity index (χ1n) is 15.9. The maximum atomic E-state index is 10.7. The van der Waals surface area contributed by atoms with Gasteiger partial charge in [-0.25, -0.2) is 0 Å². The normalized spacial score (nSPS) is 17.9. The third-order valence-corrected chi connectivity index (χ3v) is 10.2. The van der Waals surface area contributed by atoms with E-state index in [1.165, 1.54) is 151 Å². The summed E-state index contributed by atoms with van der Waals surface area (Å²) in [7, 11) is 0. The fourth-order valence-electron chi connectivity index (χ4n) is 5.29. The molecule has 1 atom stereocenters. The predicted octanol–water partition coefficient (Wildman–Crippen LogP) is 12.1. The molecule has 0 heterocycles. The van der Waals surface area contributed by atoms with Crippen LogP contribution in [0, 0.1) is 5.41 Å². The Bertz CT molecular complexity index is 556. The molecule has 0 fully saturated rings. The molecule has 212 valence electrons. The van der Waals surface area contributed by atoms with Crippen LogP contribution in [0.1, 0.15) is 156 Å². The Morgan fingerprint density at radius 3 is 1.67 bits per heavy atom. The van der Waals surface area contributed by atoms with Crippen LogP contribution in [0.2, 0.25) is 0 Å². The summed E-state index contributed by atoms with van der Waals surface area (Å²) in [4.78, 5) is 0. The molecule has 0 saturated heterocycles. The number of thioether (sulfide) groups is 2. The first-order valence-corrected chi connectivity index (χ1v) is 18.2. The van der Waals surface area contributed by atoms with Crippen LogP contribution >= 0.6 is 23.5 Å². The Labute approximate surface area is 235 Å². The van der Waals surface area contributed by atoms with Gasteiger partial charge in [0.1, 0.15) is 5.76 Å². The summed E-state index contributed by atoms with van der Waals surface area (Å²) >= 11 is 4.23. The summed E-state index contributed by atoms with van der Waals surface area (Å²) in [5.41, 5.74) is 1.58. The molecule has 1 unspecified atom stereocenters. The molecule has 3 heteroatoms. The van der Waals surface area contributed by atoms with Crippen LogP contribution in [0.15, 0.2) is 23.5 Å². The van der Waals surface area contributed by atoms with Crippen LogP contribution in [-0.4, -0.2) is 28.1 Å². The van der Waals surface area contributed by atoms with Crippen molar-refractivity contribution < 1.29 is 5.11 Å². The van der Waals surface area contributed by atoms with E-state index in [1.54, 1.807) is 0 Å². The summed E-state index contributed by atoms with van der Waals surface area (Å²) in [6, 6.07) is 0. The monoisotopic (exact) mass is 538 g/mol. The van der Waals surface area contributed by atoms with E-state index in [9.17, 15) is 5.11 Å². The average molecular weight is 539 g/mol. The zero-order chi connectivity index (χ0) is 26.2. The van der Waals surface area contributed by atoms with E-state index in [0.717, 1.165) is 12.2 Å². The van der Waals surface area contributed by atoms with Crippen molar-refractivity contribution in [3.05, 3.63) is 23.5 Å². The van der Waals surface area contributed by atoms with E-state index in [2.05, 4.69) is 56.4 Å². The van der Waals surface area contributed by atoms with Crippen molar-refractivity contribution >= 4 is 23.5 Å². The van der Waals surface area contributed by atoms with Gasteiger partial charge in [0.05, 0.1) is 0 Å². The van der Waals surface area contributed by atoms with Crippen LogP contribution in [0.5, 0.6) is 0 Å². The van der Waals surface area contributed by atoms with Crippen LogP contribution < -0.4 is 0 Å². The minimum atomic E-state index is 0.262. The molecule has 1 aliphatic carbocycles. The van der Waals surface area contributed by atoms with Crippen molar-refractivity contribution in [3.8, 4) is 0 Å². The van der Waals surface area contributed by atoms with Gasteiger partial charge in [-0.05, 0) is 48.8 Å². The second-order valence-electron chi connectivity index (χ2n) is 11.4. The summed E-state index contributed by atoms with van der Waals surface area (Å²) in [5.74, 6) is 5.36. The van der Waals surface area contributed by atoms with Gasteiger partial charge in [-0.15, -0.1) is 0 Å². The lowest BCUT2D eigenvalue weighted by Gasteiger charge is -2.34. The number of hydrogen-bond acceptors (Lipinski definition) is 3.